The van der Waals surface area contributed by atoms with E-state index >= 15 is 0 Å². The van der Waals surface area contributed by atoms with Gasteiger partial charge in [-0.2, -0.15) is 0 Å². The Kier molecular flexibility index (Phi) is 3.23. The maximum atomic E-state index is 12.4. The minimum Gasteiger partial charge on any atom is -0.356 e. The fourth-order valence-corrected chi connectivity index (χ4v) is 4.05. The summed E-state index contributed by atoms with van der Waals surface area (Å²) in [5.74, 6) is 1.90. The average molecular weight is 290 g/mol. The van der Waals surface area contributed by atoms with Gasteiger partial charge in [0.05, 0.1) is 0 Å². The third-order valence-corrected chi connectivity index (χ3v) is 6.35. The van der Waals surface area contributed by atoms with Crippen molar-refractivity contribution in [2.24, 2.45) is 23.2 Å². The number of carbonyl (C=O) groups excluding carboxylic acids is 2. The quantitative estimate of drug-likeness (QED) is 0.860. The number of hydrogen-bond acceptors (Lipinski definition) is 2. The highest BCUT2D eigenvalue weighted by Crippen LogP contribution is 2.71. The molecule has 4 rings (SSSR count). The van der Waals surface area contributed by atoms with Gasteiger partial charge in [-0.15, -0.1) is 0 Å². The van der Waals surface area contributed by atoms with Crippen molar-refractivity contribution in [3.63, 3.8) is 0 Å². The fourth-order valence-electron chi connectivity index (χ4n) is 4.05. The molecule has 0 radical (unpaired) electrons. The van der Waals surface area contributed by atoms with Crippen LogP contribution in [0.5, 0.6) is 0 Å². The third kappa shape index (κ3) is 2.58. The first kappa shape index (κ1) is 13.6. The molecule has 4 heteroatoms. The van der Waals surface area contributed by atoms with Crippen molar-refractivity contribution in [2.45, 2.75) is 51.4 Å². The summed E-state index contributed by atoms with van der Waals surface area (Å²) < 4.78 is 0. The number of nitrogens with one attached hydrogen (secondary N) is 1. The number of likely N-dealkylation sites (tertiary alicyclic amines) is 1. The van der Waals surface area contributed by atoms with Crippen LogP contribution >= 0.6 is 0 Å². The summed E-state index contributed by atoms with van der Waals surface area (Å²) in [6.45, 7) is 2.61. The first-order valence-electron chi connectivity index (χ1n) is 8.74. The summed E-state index contributed by atoms with van der Waals surface area (Å²) in [7, 11) is 0. The number of carbonyl (C=O) groups is 2. The van der Waals surface area contributed by atoms with Crippen molar-refractivity contribution in [2.75, 3.05) is 19.6 Å². The van der Waals surface area contributed by atoms with E-state index in [4.69, 9.17) is 0 Å². The molecule has 0 aromatic heterocycles. The molecular weight excluding hydrogens is 264 g/mol. The van der Waals surface area contributed by atoms with Crippen LogP contribution in [0, 0.1) is 23.2 Å². The molecule has 1 aliphatic heterocycles. The molecule has 3 saturated carbocycles. The summed E-state index contributed by atoms with van der Waals surface area (Å²) in [6.07, 6.45) is 9.18. The zero-order chi connectivity index (χ0) is 14.4. The molecule has 116 valence electrons. The second-order valence-corrected chi connectivity index (χ2v) is 7.76. The minimum absolute atomic E-state index is 0.258. The van der Waals surface area contributed by atoms with Crippen molar-refractivity contribution < 1.29 is 9.59 Å². The van der Waals surface area contributed by atoms with Gasteiger partial charge >= 0.3 is 0 Å². The molecule has 1 saturated heterocycles. The van der Waals surface area contributed by atoms with Gasteiger partial charge in [0, 0.05) is 31.5 Å². The van der Waals surface area contributed by atoms with Gasteiger partial charge < -0.3 is 10.2 Å². The lowest BCUT2D eigenvalue weighted by Crippen LogP contribution is -2.43. The normalized spacial score (nSPS) is 30.9. The van der Waals surface area contributed by atoms with Crippen LogP contribution in [0.4, 0.5) is 0 Å². The van der Waals surface area contributed by atoms with Crippen LogP contribution in [0.1, 0.15) is 51.4 Å². The van der Waals surface area contributed by atoms with Crippen molar-refractivity contribution in [3.8, 4) is 0 Å². The van der Waals surface area contributed by atoms with Gasteiger partial charge in [0.15, 0.2) is 0 Å². The van der Waals surface area contributed by atoms with Gasteiger partial charge in [-0.3, -0.25) is 9.59 Å². The van der Waals surface area contributed by atoms with Crippen LogP contribution in [-0.2, 0) is 9.59 Å². The molecule has 2 amide bonds. The molecular formula is C17H26N2O2. The monoisotopic (exact) mass is 290 g/mol. The maximum absolute atomic E-state index is 12.4. The van der Waals surface area contributed by atoms with Gasteiger partial charge in [0.2, 0.25) is 11.8 Å². The summed E-state index contributed by atoms with van der Waals surface area (Å²) in [4.78, 5) is 26.3. The maximum Gasteiger partial charge on any atom is 0.226 e. The standard InChI is InChI=1S/C17H26N2O2/c20-15(13-2-1-3-13)18-11-12-4-8-19(9-5-12)16(21)14-10-17(14)6-7-17/h12-14H,1-11H2,(H,18,20). The molecule has 4 aliphatic rings. The van der Waals surface area contributed by atoms with Gasteiger partial charge in [0.1, 0.15) is 0 Å². The van der Waals surface area contributed by atoms with E-state index in [1.54, 1.807) is 0 Å². The summed E-state index contributed by atoms with van der Waals surface area (Å²) >= 11 is 0. The van der Waals surface area contributed by atoms with Crippen molar-refractivity contribution in [1.82, 2.24) is 10.2 Å². The fraction of sp³-hybridized carbons (Fsp3) is 0.882. The van der Waals surface area contributed by atoms with Crippen molar-refractivity contribution in [3.05, 3.63) is 0 Å². The molecule has 4 nitrogen and oxygen atoms in total. The summed E-state index contributed by atoms with van der Waals surface area (Å²) in [5.41, 5.74) is 0.477. The van der Waals surface area contributed by atoms with Crippen molar-refractivity contribution >= 4 is 11.8 Å². The van der Waals surface area contributed by atoms with E-state index in [1.807, 2.05) is 0 Å². The Bertz CT molecular complexity index is 446. The highest BCUT2D eigenvalue weighted by molar-refractivity contribution is 5.83. The zero-order valence-electron chi connectivity index (χ0n) is 12.8. The molecule has 21 heavy (non-hydrogen) atoms. The average Bonchev–Trinajstić information content (AvgIpc) is 3.35. The van der Waals surface area contributed by atoms with Crippen LogP contribution in [0.3, 0.4) is 0 Å². The van der Waals surface area contributed by atoms with Gasteiger partial charge in [-0.05, 0) is 56.3 Å². The highest BCUT2D eigenvalue weighted by Gasteiger charge is 2.66. The summed E-state index contributed by atoms with van der Waals surface area (Å²) in [5, 5.41) is 3.11. The van der Waals surface area contributed by atoms with E-state index in [0.29, 0.717) is 23.2 Å². The number of hydrogen-bond donors (Lipinski definition) is 1. The van der Waals surface area contributed by atoms with Crippen LogP contribution in [0.25, 0.3) is 0 Å². The lowest BCUT2D eigenvalue weighted by molar-refractivity contribution is -0.134. The Labute approximate surface area is 126 Å². The Hall–Kier alpha value is -1.06. The van der Waals surface area contributed by atoms with E-state index in [1.165, 1.54) is 19.3 Å². The Morgan fingerprint density at radius 2 is 1.81 bits per heavy atom. The smallest absolute Gasteiger partial charge is 0.226 e. The van der Waals surface area contributed by atoms with Gasteiger partial charge in [-0.1, -0.05) is 6.42 Å². The predicted octanol–water partition coefficient (Wildman–Crippen LogP) is 1.94. The van der Waals surface area contributed by atoms with Crippen LogP contribution in [0.2, 0.25) is 0 Å². The van der Waals surface area contributed by atoms with E-state index in [9.17, 15) is 9.59 Å². The van der Waals surface area contributed by atoms with Crippen LogP contribution < -0.4 is 5.32 Å². The topological polar surface area (TPSA) is 49.4 Å². The Morgan fingerprint density at radius 3 is 2.33 bits per heavy atom. The number of nitrogens with zero attached hydrogens (tertiary/aromatic N) is 1. The molecule has 4 fully saturated rings. The number of piperidine rings is 1. The van der Waals surface area contributed by atoms with E-state index in [2.05, 4.69) is 10.2 Å². The SMILES string of the molecule is O=C(NCC1CCN(C(=O)C2CC23CC3)CC1)C1CCC1. The molecule has 0 aromatic rings. The molecule has 3 aliphatic carbocycles. The largest absolute Gasteiger partial charge is 0.356 e. The Balaban J connectivity index is 1.18. The van der Waals surface area contributed by atoms with Crippen LogP contribution in [-0.4, -0.2) is 36.3 Å². The molecule has 1 N–H and O–H groups in total. The van der Waals surface area contributed by atoms with E-state index in [0.717, 1.165) is 51.7 Å². The highest BCUT2D eigenvalue weighted by atomic mass is 16.2. The molecule has 1 atom stereocenters. The zero-order valence-corrected chi connectivity index (χ0v) is 12.8. The van der Waals surface area contributed by atoms with Crippen LogP contribution in [0.15, 0.2) is 0 Å². The van der Waals surface area contributed by atoms with Crippen molar-refractivity contribution in [1.29, 1.82) is 0 Å². The van der Waals surface area contributed by atoms with E-state index < -0.39 is 0 Å². The lowest BCUT2D eigenvalue weighted by atomic mass is 9.84. The first-order valence-corrected chi connectivity index (χ1v) is 8.74. The number of amides is 2. The predicted molar refractivity (Wildman–Crippen MR) is 79.4 cm³/mol. The molecule has 1 unspecified atom stereocenters. The summed E-state index contributed by atoms with van der Waals surface area (Å²) in [6, 6.07) is 0. The second-order valence-electron chi connectivity index (χ2n) is 7.76. The molecule has 1 heterocycles. The molecule has 0 bridgehead atoms. The Morgan fingerprint density at radius 1 is 1.10 bits per heavy atom. The first-order chi connectivity index (χ1) is 10.2. The molecule has 0 aromatic carbocycles. The molecule has 1 spiro atoms. The van der Waals surface area contributed by atoms with Gasteiger partial charge in [0.25, 0.3) is 0 Å². The second kappa shape index (κ2) is 4.99. The lowest BCUT2D eigenvalue weighted by Gasteiger charge is -2.33. The third-order valence-electron chi connectivity index (χ3n) is 6.35. The minimum atomic E-state index is 0.258. The van der Waals surface area contributed by atoms with E-state index in [-0.39, 0.29) is 11.8 Å². The van der Waals surface area contributed by atoms with Gasteiger partial charge in [-0.25, -0.2) is 0 Å². The number of rotatable bonds is 4.